The Morgan fingerprint density at radius 3 is 2.57 bits per heavy atom. The van der Waals surface area contributed by atoms with Crippen LogP contribution in [0.5, 0.6) is 0 Å². The van der Waals surface area contributed by atoms with Crippen molar-refractivity contribution in [3.05, 3.63) is 59.8 Å². The van der Waals surface area contributed by atoms with Gasteiger partial charge in [0.25, 0.3) is 5.91 Å². The second-order valence-electron chi connectivity index (χ2n) is 4.96. The molecule has 21 heavy (non-hydrogen) atoms. The van der Waals surface area contributed by atoms with Gasteiger partial charge in [0, 0.05) is 16.6 Å². The van der Waals surface area contributed by atoms with E-state index in [-0.39, 0.29) is 0 Å². The zero-order valence-corrected chi connectivity index (χ0v) is 11.6. The highest BCUT2D eigenvalue weighted by Crippen LogP contribution is 2.33. The first-order chi connectivity index (χ1) is 10.1. The molecular formula is C17H15N3O. The monoisotopic (exact) mass is 277 g/mol. The van der Waals surface area contributed by atoms with Crippen LogP contribution in [0.15, 0.2) is 48.5 Å². The van der Waals surface area contributed by atoms with Crippen molar-refractivity contribution in [1.29, 1.82) is 0 Å². The first-order valence-electron chi connectivity index (χ1n) is 6.63. The van der Waals surface area contributed by atoms with E-state index >= 15 is 0 Å². The van der Waals surface area contributed by atoms with E-state index in [4.69, 9.17) is 11.5 Å². The zero-order valence-electron chi connectivity index (χ0n) is 11.6. The summed E-state index contributed by atoms with van der Waals surface area (Å²) < 4.78 is 0. The van der Waals surface area contributed by atoms with Crippen LogP contribution in [0.2, 0.25) is 0 Å². The molecule has 0 aliphatic carbocycles. The smallest absolute Gasteiger partial charge is 0.250 e. The lowest BCUT2D eigenvalue weighted by molar-refractivity contribution is 0.100. The van der Waals surface area contributed by atoms with E-state index in [0.717, 1.165) is 27.7 Å². The second kappa shape index (κ2) is 4.90. The number of hydrogen-bond acceptors (Lipinski definition) is 3. The lowest BCUT2D eigenvalue weighted by atomic mass is 9.96. The van der Waals surface area contributed by atoms with Gasteiger partial charge >= 0.3 is 0 Å². The lowest BCUT2D eigenvalue weighted by Crippen LogP contribution is -2.13. The van der Waals surface area contributed by atoms with Gasteiger partial charge in [-0.1, -0.05) is 30.3 Å². The number of nitrogens with zero attached hydrogens (tertiary/aromatic N) is 1. The van der Waals surface area contributed by atoms with Gasteiger partial charge in [0.05, 0.1) is 16.8 Å². The minimum absolute atomic E-state index is 0.339. The van der Waals surface area contributed by atoms with Gasteiger partial charge in [0.15, 0.2) is 0 Å². The van der Waals surface area contributed by atoms with Crippen molar-refractivity contribution in [2.24, 2.45) is 5.73 Å². The third-order valence-corrected chi connectivity index (χ3v) is 3.51. The molecule has 1 heterocycles. The SMILES string of the molecule is Cc1cc(-c2cccc(C(N)=O)c2N)c2ccccc2n1. The summed E-state index contributed by atoms with van der Waals surface area (Å²) >= 11 is 0. The molecule has 0 saturated heterocycles. The molecule has 0 bridgehead atoms. The van der Waals surface area contributed by atoms with Crippen molar-refractivity contribution in [1.82, 2.24) is 4.98 Å². The van der Waals surface area contributed by atoms with Crippen LogP contribution in [-0.2, 0) is 0 Å². The molecular weight excluding hydrogens is 262 g/mol. The third kappa shape index (κ3) is 2.21. The van der Waals surface area contributed by atoms with E-state index in [1.54, 1.807) is 12.1 Å². The van der Waals surface area contributed by atoms with E-state index in [0.29, 0.717) is 11.3 Å². The quantitative estimate of drug-likeness (QED) is 0.706. The first-order valence-corrected chi connectivity index (χ1v) is 6.63. The molecule has 2 aromatic carbocycles. The number of anilines is 1. The highest BCUT2D eigenvalue weighted by Gasteiger charge is 2.13. The van der Waals surface area contributed by atoms with Gasteiger partial charge in [-0.05, 0) is 30.7 Å². The Kier molecular flexibility index (Phi) is 3.06. The molecule has 104 valence electrons. The van der Waals surface area contributed by atoms with Crippen LogP contribution < -0.4 is 11.5 Å². The fourth-order valence-corrected chi connectivity index (χ4v) is 2.55. The number of aromatic nitrogens is 1. The maximum atomic E-state index is 11.5. The topological polar surface area (TPSA) is 82.0 Å². The Labute approximate surface area is 122 Å². The summed E-state index contributed by atoms with van der Waals surface area (Å²) in [7, 11) is 0. The summed E-state index contributed by atoms with van der Waals surface area (Å²) in [5.41, 5.74) is 15.8. The summed E-state index contributed by atoms with van der Waals surface area (Å²) in [6.07, 6.45) is 0. The van der Waals surface area contributed by atoms with Crippen LogP contribution in [0.3, 0.4) is 0 Å². The molecule has 0 atom stereocenters. The maximum absolute atomic E-state index is 11.5. The third-order valence-electron chi connectivity index (χ3n) is 3.51. The number of para-hydroxylation sites is 2. The Bertz CT molecular complexity index is 856. The number of amides is 1. The van der Waals surface area contributed by atoms with Gasteiger partial charge in [-0.3, -0.25) is 9.78 Å². The number of fused-ring (bicyclic) bond motifs is 1. The maximum Gasteiger partial charge on any atom is 0.250 e. The van der Waals surface area contributed by atoms with E-state index in [1.807, 2.05) is 43.3 Å². The zero-order chi connectivity index (χ0) is 15.0. The summed E-state index contributed by atoms with van der Waals surface area (Å²) in [6, 6.07) is 15.1. The molecule has 4 N–H and O–H groups in total. The van der Waals surface area contributed by atoms with Gasteiger partial charge in [-0.15, -0.1) is 0 Å². The molecule has 0 aliphatic heterocycles. The van der Waals surface area contributed by atoms with Crippen molar-refractivity contribution < 1.29 is 4.79 Å². The van der Waals surface area contributed by atoms with Crippen molar-refractivity contribution in [2.45, 2.75) is 6.92 Å². The highest BCUT2D eigenvalue weighted by molar-refractivity contribution is 6.05. The number of pyridine rings is 1. The molecule has 0 aliphatic rings. The number of rotatable bonds is 2. The number of aryl methyl sites for hydroxylation is 1. The molecule has 0 spiro atoms. The number of primary amides is 1. The molecule has 0 saturated carbocycles. The molecule has 1 amide bonds. The number of nitrogens with two attached hydrogens (primary N) is 2. The number of nitrogen functional groups attached to an aromatic ring is 1. The fourth-order valence-electron chi connectivity index (χ4n) is 2.55. The fraction of sp³-hybridized carbons (Fsp3) is 0.0588. The highest BCUT2D eigenvalue weighted by atomic mass is 16.1. The Morgan fingerprint density at radius 2 is 1.81 bits per heavy atom. The normalized spacial score (nSPS) is 10.7. The summed E-state index contributed by atoms with van der Waals surface area (Å²) in [5, 5.41) is 0.997. The first kappa shape index (κ1) is 13.1. The second-order valence-corrected chi connectivity index (χ2v) is 4.96. The number of benzene rings is 2. The van der Waals surface area contributed by atoms with Crippen LogP contribution in [0.1, 0.15) is 16.1 Å². The summed E-state index contributed by atoms with van der Waals surface area (Å²) in [6.45, 7) is 1.93. The van der Waals surface area contributed by atoms with Crippen molar-refractivity contribution >= 4 is 22.5 Å². The molecule has 3 aromatic rings. The van der Waals surface area contributed by atoms with Crippen LogP contribution in [0.4, 0.5) is 5.69 Å². The number of hydrogen-bond donors (Lipinski definition) is 2. The summed E-state index contributed by atoms with van der Waals surface area (Å²) in [4.78, 5) is 16.0. The molecule has 0 fully saturated rings. The molecule has 1 aromatic heterocycles. The van der Waals surface area contributed by atoms with E-state index in [1.165, 1.54) is 0 Å². The van der Waals surface area contributed by atoms with Crippen LogP contribution in [-0.4, -0.2) is 10.9 Å². The van der Waals surface area contributed by atoms with Gasteiger partial charge in [-0.25, -0.2) is 0 Å². The average Bonchev–Trinajstić information content (AvgIpc) is 2.46. The minimum Gasteiger partial charge on any atom is -0.398 e. The molecule has 4 nitrogen and oxygen atoms in total. The van der Waals surface area contributed by atoms with Crippen molar-refractivity contribution in [3.8, 4) is 11.1 Å². The van der Waals surface area contributed by atoms with E-state index in [9.17, 15) is 4.79 Å². The predicted molar refractivity (Wildman–Crippen MR) is 84.8 cm³/mol. The standard InChI is InChI=1S/C17H15N3O/c1-10-9-14(11-5-2-3-8-15(11)20-10)12-6-4-7-13(16(12)18)17(19)21/h2-9H,18H2,1H3,(H2,19,21). The molecule has 0 unspecified atom stereocenters. The van der Waals surface area contributed by atoms with Gasteiger partial charge in [-0.2, -0.15) is 0 Å². The Morgan fingerprint density at radius 1 is 1.05 bits per heavy atom. The van der Waals surface area contributed by atoms with Crippen LogP contribution >= 0.6 is 0 Å². The van der Waals surface area contributed by atoms with Gasteiger partial charge in [0.2, 0.25) is 0 Å². The number of carbonyl (C=O) groups is 1. The molecule has 0 radical (unpaired) electrons. The number of carbonyl (C=O) groups excluding carboxylic acids is 1. The Hall–Kier alpha value is -2.88. The van der Waals surface area contributed by atoms with Crippen LogP contribution in [0, 0.1) is 6.92 Å². The van der Waals surface area contributed by atoms with Crippen LogP contribution in [0.25, 0.3) is 22.0 Å². The largest absolute Gasteiger partial charge is 0.398 e. The molecule has 3 rings (SSSR count). The summed E-state index contributed by atoms with van der Waals surface area (Å²) in [5.74, 6) is -0.524. The van der Waals surface area contributed by atoms with E-state index in [2.05, 4.69) is 4.98 Å². The van der Waals surface area contributed by atoms with Gasteiger partial charge < -0.3 is 11.5 Å². The molecule has 4 heteroatoms. The van der Waals surface area contributed by atoms with Crippen molar-refractivity contribution in [2.75, 3.05) is 5.73 Å². The minimum atomic E-state index is -0.524. The van der Waals surface area contributed by atoms with Crippen molar-refractivity contribution in [3.63, 3.8) is 0 Å². The average molecular weight is 277 g/mol. The Balaban J connectivity index is 2.36. The predicted octanol–water partition coefficient (Wildman–Crippen LogP) is 2.89. The van der Waals surface area contributed by atoms with E-state index < -0.39 is 5.91 Å². The lowest BCUT2D eigenvalue weighted by Gasteiger charge is -2.12. The van der Waals surface area contributed by atoms with Gasteiger partial charge in [0.1, 0.15) is 0 Å².